The van der Waals surface area contributed by atoms with Crippen LogP contribution in [-0.2, 0) is 6.54 Å². The molecule has 184 valence electrons. The third-order valence-corrected chi connectivity index (χ3v) is 6.82. The number of benzene rings is 2. The molecule has 1 fully saturated rings. The zero-order chi connectivity index (χ0) is 24.9. The summed E-state index contributed by atoms with van der Waals surface area (Å²) in [7, 11) is 1.67. The molecule has 2 amide bonds. The van der Waals surface area contributed by atoms with E-state index in [0.717, 1.165) is 48.1 Å². The molecule has 1 saturated carbocycles. The summed E-state index contributed by atoms with van der Waals surface area (Å²) in [4.78, 5) is 22.6. The molecular formula is C27H37N3O4. The molecule has 0 aromatic heterocycles. The van der Waals surface area contributed by atoms with Crippen molar-refractivity contribution in [1.82, 2.24) is 10.6 Å². The predicted octanol–water partition coefficient (Wildman–Crippen LogP) is 4.79. The molecule has 0 aliphatic heterocycles. The Bertz CT molecular complexity index is 990. The number of nitrogens with one attached hydrogen (secondary N) is 2. The fourth-order valence-electron chi connectivity index (χ4n) is 5.01. The number of ether oxygens (including phenoxy) is 1. The maximum absolute atomic E-state index is 11.3. The minimum absolute atomic E-state index is 0.0521. The Morgan fingerprint density at radius 1 is 1.06 bits per heavy atom. The zero-order valence-electron chi connectivity index (χ0n) is 20.6. The molecule has 34 heavy (non-hydrogen) atoms. The summed E-state index contributed by atoms with van der Waals surface area (Å²) in [6.45, 7) is 6.97. The van der Waals surface area contributed by atoms with Crippen molar-refractivity contribution in [2.45, 2.75) is 65.1 Å². The Hall–Kier alpha value is -3.06. The summed E-state index contributed by atoms with van der Waals surface area (Å²) < 4.78 is 5.58. The lowest BCUT2D eigenvalue weighted by molar-refractivity contribution is 0.1000. The van der Waals surface area contributed by atoms with Crippen LogP contribution < -0.4 is 21.1 Å². The molecule has 7 nitrogen and oxygen atoms in total. The van der Waals surface area contributed by atoms with Crippen LogP contribution in [0.2, 0.25) is 0 Å². The highest BCUT2D eigenvalue weighted by molar-refractivity contribution is 5.93. The molecule has 0 heterocycles. The van der Waals surface area contributed by atoms with Gasteiger partial charge in [0.2, 0.25) is 5.91 Å². The molecule has 1 aliphatic carbocycles. The summed E-state index contributed by atoms with van der Waals surface area (Å²) >= 11 is 0. The molecule has 1 unspecified atom stereocenters. The van der Waals surface area contributed by atoms with Gasteiger partial charge in [-0.1, -0.05) is 39.0 Å². The maximum atomic E-state index is 11.3. The first-order chi connectivity index (χ1) is 16.1. The van der Waals surface area contributed by atoms with Gasteiger partial charge in [-0.3, -0.25) is 4.79 Å². The molecule has 0 radical (unpaired) electrons. The second kappa shape index (κ2) is 10.9. The van der Waals surface area contributed by atoms with Gasteiger partial charge >= 0.3 is 6.09 Å². The van der Waals surface area contributed by atoms with Gasteiger partial charge in [0, 0.05) is 29.8 Å². The first-order valence-electron chi connectivity index (χ1n) is 11.9. The topological polar surface area (TPSA) is 114 Å². The first kappa shape index (κ1) is 25.6. The van der Waals surface area contributed by atoms with E-state index in [-0.39, 0.29) is 11.5 Å². The number of carboxylic acid groups (broad SMARTS) is 1. The smallest absolute Gasteiger partial charge is 0.404 e. The number of primary amides is 1. The van der Waals surface area contributed by atoms with Crippen LogP contribution in [0.5, 0.6) is 5.75 Å². The number of carbonyl (C=O) groups excluding carboxylic acids is 1. The summed E-state index contributed by atoms with van der Waals surface area (Å²) in [5.74, 6) is 0.737. The maximum Gasteiger partial charge on any atom is 0.404 e. The number of rotatable bonds is 8. The normalized spacial score (nSPS) is 19.3. The van der Waals surface area contributed by atoms with Crippen LogP contribution in [0.4, 0.5) is 4.79 Å². The molecule has 2 aromatic rings. The summed E-state index contributed by atoms with van der Waals surface area (Å²) in [6.07, 6.45) is 3.05. The highest BCUT2D eigenvalue weighted by Gasteiger charge is 2.35. The van der Waals surface area contributed by atoms with E-state index in [1.165, 1.54) is 0 Å². The van der Waals surface area contributed by atoms with Crippen LogP contribution in [-0.4, -0.2) is 36.3 Å². The number of amides is 2. The van der Waals surface area contributed by atoms with E-state index in [4.69, 9.17) is 10.5 Å². The van der Waals surface area contributed by atoms with Crippen molar-refractivity contribution in [1.29, 1.82) is 0 Å². The van der Waals surface area contributed by atoms with Gasteiger partial charge in [0.15, 0.2) is 0 Å². The lowest BCUT2D eigenvalue weighted by atomic mass is 9.72. The van der Waals surface area contributed by atoms with Crippen molar-refractivity contribution in [2.24, 2.45) is 17.1 Å². The molecule has 7 heteroatoms. The minimum atomic E-state index is -0.948. The Morgan fingerprint density at radius 2 is 1.68 bits per heavy atom. The largest absolute Gasteiger partial charge is 0.496 e. The Balaban J connectivity index is 1.63. The first-order valence-corrected chi connectivity index (χ1v) is 11.9. The zero-order valence-corrected chi connectivity index (χ0v) is 20.6. The molecule has 5 N–H and O–H groups in total. The summed E-state index contributed by atoms with van der Waals surface area (Å²) in [5, 5.41) is 15.7. The van der Waals surface area contributed by atoms with Crippen molar-refractivity contribution < 1.29 is 19.4 Å². The van der Waals surface area contributed by atoms with Gasteiger partial charge in [0.05, 0.1) is 7.11 Å². The van der Waals surface area contributed by atoms with E-state index in [2.05, 4.69) is 37.5 Å². The number of hydrogen-bond donors (Lipinski definition) is 4. The molecule has 0 saturated heterocycles. The van der Waals surface area contributed by atoms with Gasteiger partial charge < -0.3 is 26.2 Å². The van der Waals surface area contributed by atoms with Gasteiger partial charge in [-0.15, -0.1) is 0 Å². The highest BCUT2D eigenvalue weighted by atomic mass is 16.5. The van der Waals surface area contributed by atoms with E-state index in [0.29, 0.717) is 24.1 Å². The summed E-state index contributed by atoms with van der Waals surface area (Å²) in [6, 6.07) is 13.7. The van der Waals surface area contributed by atoms with Crippen molar-refractivity contribution >= 4 is 12.0 Å². The van der Waals surface area contributed by atoms with Crippen LogP contribution in [0, 0.1) is 11.3 Å². The quantitative estimate of drug-likeness (QED) is 0.446. The number of methoxy groups -OCH3 is 1. The summed E-state index contributed by atoms with van der Waals surface area (Å²) in [5.41, 5.74) is 8.84. The van der Waals surface area contributed by atoms with Gasteiger partial charge in [0.1, 0.15) is 5.75 Å². The van der Waals surface area contributed by atoms with E-state index in [9.17, 15) is 14.7 Å². The van der Waals surface area contributed by atoms with Gasteiger partial charge in [-0.2, -0.15) is 0 Å². The number of carbonyl (C=O) groups is 2. The van der Waals surface area contributed by atoms with Crippen LogP contribution >= 0.6 is 0 Å². The van der Waals surface area contributed by atoms with Crippen LogP contribution in [0.25, 0.3) is 11.1 Å². The van der Waals surface area contributed by atoms with Gasteiger partial charge in [0.25, 0.3) is 0 Å². The van der Waals surface area contributed by atoms with Crippen LogP contribution in [0.3, 0.4) is 0 Å². The van der Waals surface area contributed by atoms with E-state index in [1.54, 1.807) is 19.2 Å². The Morgan fingerprint density at radius 3 is 2.21 bits per heavy atom. The van der Waals surface area contributed by atoms with Crippen molar-refractivity contribution in [3.63, 3.8) is 0 Å². The second-order valence-corrected chi connectivity index (χ2v) is 10.3. The highest BCUT2D eigenvalue weighted by Crippen LogP contribution is 2.35. The van der Waals surface area contributed by atoms with Gasteiger partial charge in [-0.25, -0.2) is 4.79 Å². The van der Waals surface area contributed by atoms with Crippen LogP contribution in [0.15, 0.2) is 42.5 Å². The average Bonchev–Trinajstić information content (AvgIpc) is 2.80. The van der Waals surface area contributed by atoms with E-state index < -0.39 is 12.0 Å². The van der Waals surface area contributed by atoms with Gasteiger partial charge in [-0.05, 0) is 72.4 Å². The molecule has 1 atom stereocenters. The van der Waals surface area contributed by atoms with Crippen molar-refractivity contribution in [3.8, 4) is 16.9 Å². The lowest BCUT2D eigenvalue weighted by Crippen LogP contribution is -2.50. The SMILES string of the molecule is COc1ccc(-c2ccc(C(N)=O)cc2)cc1CNC1CCC(C(NC(=O)O)C(C)(C)C)CC1. The third kappa shape index (κ3) is 6.50. The predicted molar refractivity (Wildman–Crippen MR) is 134 cm³/mol. The molecule has 3 rings (SSSR count). The fourth-order valence-corrected chi connectivity index (χ4v) is 5.01. The number of nitrogens with two attached hydrogens (primary N) is 1. The lowest BCUT2D eigenvalue weighted by Gasteiger charge is -2.40. The molecule has 2 aromatic carbocycles. The fraction of sp³-hybridized carbons (Fsp3) is 0.481. The monoisotopic (exact) mass is 467 g/mol. The van der Waals surface area contributed by atoms with Crippen molar-refractivity contribution in [3.05, 3.63) is 53.6 Å². The molecule has 1 aliphatic rings. The Kier molecular flexibility index (Phi) is 8.20. The third-order valence-electron chi connectivity index (χ3n) is 6.82. The van der Waals surface area contributed by atoms with E-state index in [1.807, 2.05) is 24.3 Å². The van der Waals surface area contributed by atoms with Crippen molar-refractivity contribution in [2.75, 3.05) is 7.11 Å². The average molecular weight is 468 g/mol. The Labute approximate surface area is 202 Å². The molecule has 0 bridgehead atoms. The van der Waals surface area contributed by atoms with E-state index >= 15 is 0 Å². The standard InChI is InChI=1S/C27H37N3O4/c1-27(2,3)24(30-26(32)33)18-9-12-22(13-10-18)29-16-21-15-20(11-14-23(21)34-4)17-5-7-19(8-6-17)25(28)31/h5-8,11,14-15,18,22,24,29-30H,9-10,12-13,16H2,1-4H3,(H2,28,31)(H,32,33). The molecule has 0 spiro atoms. The van der Waals surface area contributed by atoms with Crippen LogP contribution in [0.1, 0.15) is 62.4 Å². The number of hydrogen-bond acceptors (Lipinski definition) is 4. The second-order valence-electron chi connectivity index (χ2n) is 10.3. The molecular weight excluding hydrogens is 430 g/mol. The minimum Gasteiger partial charge on any atom is -0.496 e.